The van der Waals surface area contributed by atoms with Gasteiger partial charge in [-0.25, -0.2) is 0 Å². The summed E-state index contributed by atoms with van der Waals surface area (Å²) >= 11 is 0. The molecular weight excluding hydrogens is 492 g/mol. The Labute approximate surface area is 215 Å². The van der Waals surface area contributed by atoms with Crippen molar-refractivity contribution in [3.05, 3.63) is 0 Å². The second kappa shape index (κ2) is 14.0. The molecule has 0 aromatic heterocycles. The molecule has 6 unspecified atom stereocenters. The molecule has 6 N–H and O–H groups in total. The van der Waals surface area contributed by atoms with Gasteiger partial charge in [-0.3, -0.25) is 19.2 Å². The average Bonchev–Trinajstić information content (AvgIpc) is 2.70. The van der Waals surface area contributed by atoms with Gasteiger partial charge in [-0.1, -0.05) is 0 Å². The van der Waals surface area contributed by atoms with E-state index in [4.69, 9.17) is 19.7 Å². The molecule has 37 heavy (non-hydrogen) atoms. The van der Waals surface area contributed by atoms with Crippen LogP contribution in [-0.4, -0.2) is 90.1 Å². The molecule has 0 spiro atoms. The minimum Gasteiger partial charge on any atom is -0.481 e. The minimum absolute atomic E-state index is 0.0479. The van der Waals surface area contributed by atoms with Gasteiger partial charge >= 0.3 is 23.9 Å². The Balaban J connectivity index is 1.58. The Bertz CT molecular complexity index is 729. The van der Waals surface area contributed by atoms with Gasteiger partial charge < -0.3 is 40.1 Å². The fourth-order valence-electron chi connectivity index (χ4n) is 5.26. The monoisotopic (exact) mass is 532 g/mol. The van der Waals surface area contributed by atoms with Gasteiger partial charge in [0.25, 0.3) is 0 Å². The Hall–Kier alpha value is -2.28. The third-order valence-electron chi connectivity index (χ3n) is 6.92. The summed E-state index contributed by atoms with van der Waals surface area (Å²) < 4.78 is 10.4. The van der Waals surface area contributed by atoms with Crippen LogP contribution in [0.1, 0.15) is 96.3 Å². The van der Waals surface area contributed by atoms with Crippen molar-refractivity contribution in [2.24, 2.45) is 0 Å². The van der Waals surface area contributed by atoms with Crippen LogP contribution in [0.3, 0.4) is 0 Å². The molecule has 0 aromatic rings. The first-order chi connectivity index (χ1) is 17.3. The molecule has 2 rings (SSSR count). The summed E-state index contributed by atoms with van der Waals surface area (Å²) in [4.78, 5) is 45.3. The van der Waals surface area contributed by atoms with Crippen molar-refractivity contribution in [1.82, 2.24) is 0 Å². The molecule has 2 saturated heterocycles. The van der Waals surface area contributed by atoms with E-state index in [0.717, 1.165) is 0 Å². The maximum absolute atomic E-state index is 11.7. The van der Waals surface area contributed by atoms with Crippen LogP contribution in [0.4, 0.5) is 0 Å². The zero-order chi connectivity index (χ0) is 27.6. The molecule has 2 heterocycles. The second-order valence-corrected chi connectivity index (χ2v) is 10.7. The molecule has 0 aliphatic carbocycles. The van der Waals surface area contributed by atoms with Gasteiger partial charge in [0.2, 0.25) is 0 Å². The molecule has 0 saturated carbocycles. The lowest BCUT2D eigenvalue weighted by Gasteiger charge is -2.35. The van der Waals surface area contributed by atoms with Crippen molar-refractivity contribution in [2.75, 3.05) is 0 Å². The van der Waals surface area contributed by atoms with Crippen molar-refractivity contribution in [2.45, 2.75) is 132 Å². The minimum atomic E-state index is -1.61. The zero-order valence-corrected chi connectivity index (χ0v) is 21.0. The van der Waals surface area contributed by atoms with E-state index in [0.29, 0.717) is 57.8 Å². The topological polar surface area (TPSA) is 208 Å². The van der Waals surface area contributed by atoms with Crippen LogP contribution in [0.15, 0.2) is 0 Å². The van der Waals surface area contributed by atoms with Crippen LogP contribution in [0.25, 0.3) is 0 Å². The summed E-state index contributed by atoms with van der Waals surface area (Å²) in [6.45, 7) is 0. The molecule has 12 heteroatoms. The van der Waals surface area contributed by atoms with Crippen LogP contribution < -0.4 is 0 Å². The number of cyclic esters (lactones) is 2. The Morgan fingerprint density at radius 2 is 1.08 bits per heavy atom. The Morgan fingerprint density at radius 3 is 1.43 bits per heavy atom. The van der Waals surface area contributed by atoms with E-state index in [1.807, 2.05) is 0 Å². The highest BCUT2D eigenvalue weighted by atomic mass is 16.6. The maximum Gasteiger partial charge on any atom is 0.309 e. The van der Waals surface area contributed by atoms with Gasteiger partial charge in [-0.05, 0) is 57.8 Å². The molecule has 2 fully saturated rings. The predicted molar refractivity (Wildman–Crippen MR) is 126 cm³/mol. The lowest BCUT2D eigenvalue weighted by molar-refractivity contribution is -0.176. The number of aliphatic carboxylic acids is 2. The summed E-state index contributed by atoms with van der Waals surface area (Å²) in [6.07, 6.45) is 0.182. The molecule has 0 radical (unpaired) electrons. The largest absolute Gasteiger partial charge is 0.481 e. The van der Waals surface area contributed by atoms with Crippen LogP contribution in [0, 0.1) is 0 Å². The highest BCUT2D eigenvalue weighted by Gasteiger charge is 2.42. The lowest BCUT2D eigenvalue weighted by atomic mass is 9.85. The average molecular weight is 533 g/mol. The molecule has 212 valence electrons. The van der Waals surface area contributed by atoms with Crippen LogP contribution in [0.5, 0.6) is 0 Å². The maximum atomic E-state index is 11.7. The van der Waals surface area contributed by atoms with Crippen LogP contribution in [-0.2, 0) is 28.7 Å². The van der Waals surface area contributed by atoms with Crippen molar-refractivity contribution >= 4 is 23.9 Å². The molecule has 0 amide bonds. The molecule has 0 aromatic carbocycles. The first-order valence-corrected chi connectivity index (χ1v) is 12.9. The van der Waals surface area contributed by atoms with Gasteiger partial charge in [0.15, 0.2) is 0 Å². The summed E-state index contributed by atoms with van der Waals surface area (Å²) in [7, 11) is 0. The van der Waals surface area contributed by atoms with E-state index in [-0.39, 0.29) is 25.7 Å². The van der Waals surface area contributed by atoms with Crippen molar-refractivity contribution in [3.8, 4) is 0 Å². The van der Waals surface area contributed by atoms with Crippen molar-refractivity contribution in [3.63, 3.8) is 0 Å². The quantitative estimate of drug-likeness (QED) is 0.154. The normalized spacial score (nSPS) is 29.7. The van der Waals surface area contributed by atoms with Crippen LogP contribution in [0.2, 0.25) is 0 Å². The second-order valence-electron chi connectivity index (χ2n) is 10.7. The number of hydrogen-bond donors (Lipinski definition) is 6. The Kier molecular flexibility index (Phi) is 11.7. The fraction of sp³-hybridized carbons (Fsp3) is 0.840. The van der Waals surface area contributed by atoms with E-state index >= 15 is 0 Å². The highest BCUT2D eigenvalue weighted by molar-refractivity contribution is 5.75. The van der Waals surface area contributed by atoms with Gasteiger partial charge in [-0.15, -0.1) is 0 Å². The molecule has 0 bridgehead atoms. The molecular formula is C25H40O12. The van der Waals surface area contributed by atoms with E-state index in [9.17, 15) is 39.6 Å². The molecule has 2 aliphatic rings. The van der Waals surface area contributed by atoms with Gasteiger partial charge in [0, 0.05) is 12.8 Å². The Morgan fingerprint density at radius 1 is 0.730 bits per heavy atom. The smallest absolute Gasteiger partial charge is 0.309 e. The lowest BCUT2D eigenvalue weighted by Crippen LogP contribution is -2.44. The summed E-state index contributed by atoms with van der Waals surface area (Å²) in [6, 6.07) is 0. The number of carbonyl (C=O) groups excluding carboxylic acids is 2. The van der Waals surface area contributed by atoms with Crippen LogP contribution >= 0.6 is 0 Å². The predicted octanol–water partition coefficient (Wildman–Crippen LogP) is 1.04. The first-order valence-electron chi connectivity index (χ1n) is 12.9. The van der Waals surface area contributed by atoms with E-state index in [1.165, 1.54) is 0 Å². The summed E-state index contributed by atoms with van der Waals surface area (Å²) in [5.74, 6) is -3.64. The number of hydrogen-bond acceptors (Lipinski definition) is 10. The standard InChI is InChI=1S/C25H40O12/c26-16(6-2-8-18-10-24(34,12-20(28)29)14-22(32)36-18)4-1-5-17(27)7-3-9-19-11-25(35,13-21(30)31)15-23(33)37-19/h16-19,26-27,34-35H,1-15H2,(H,28,29)(H,30,31). The number of carbonyl (C=O) groups is 4. The van der Waals surface area contributed by atoms with E-state index in [2.05, 4.69) is 0 Å². The van der Waals surface area contributed by atoms with Gasteiger partial charge in [0.1, 0.15) is 12.2 Å². The third-order valence-corrected chi connectivity index (χ3v) is 6.92. The van der Waals surface area contributed by atoms with E-state index < -0.39 is 72.3 Å². The number of carboxylic acid groups (broad SMARTS) is 2. The number of esters is 2. The zero-order valence-electron chi connectivity index (χ0n) is 21.0. The third kappa shape index (κ3) is 11.8. The number of aliphatic hydroxyl groups is 4. The molecule has 6 atom stereocenters. The number of rotatable bonds is 16. The summed E-state index contributed by atoms with van der Waals surface area (Å²) in [5.41, 5.74) is -3.22. The highest BCUT2D eigenvalue weighted by Crippen LogP contribution is 2.32. The summed E-state index contributed by atoms with van der Waals surface area (Å²) in [5, 5.41) is 59.0. The molecule has 12 nitrogen and oxygen atoms in total. The van der Waals surface area contributed by atoms with Gasteiger partial charge in [0.05, 0.1) is 49.1 Å². The molecule has 2 aliphatic heterocycles. The first kappa shape index (κ1) is 30.9. The van der Waals surface area contributed by atoms with Gasteiger partial charge in [-0.2, -0.15) is 0 Å². The van der Waals surface area contributed by atoms with E-state index in [1.54, 1.807) is 0 Å². The fourth-order valence-corrected chi connectivity index (χ4v) is 5.26. The number of aliphatic hydroxyl groups excluding tert-OH is 2. The number of ether oxygens (including phenoxy) is 2. The van der Waals surface area contributed by atoms with Crippen molar-refractivity contribution in [1.29, 1.82) is 0 Å². The van der Waals surface area contributed by atoms with Crippen molar-refractivity contribution < 1.29 is 59.3 Å². The number of carboxylic acids is 2. The SMILES string of the molecule is O=C(O)CC1(O)CC(=O)OC(CCCC(O)CCCC(O)CCCC2CC(O)(CC(=O)O)CC(=O)O2)C1.